The molecule has 2 saturated carbocycles. The lowest BCUT2D eigenvalue weighted by molar-refractivity contribution is 0.0846. The number of nitrogens with zero attached hydrogens (tertiary/aromatic N) is 1. The summed E-state index contributed by atoms with van der Waals surface area (Å²) >= 11 is 0. The second-order valence-electron chi connectivity index (χ2n) is 18.8. The molecule has 0 N–H and O–H groups in total. The highest BCUT2D eigenvalue weighted by atomic mass is 15.3. The van der Waals surface area contributed by atoms with Crippen molar-refractivity contribution in [3.8, 4) is 0 Å². The molecule has 0 aromatic rings. The van der Waals surface area contributed by atoms with E-state index >= 15 is 0 Å². The molecule has 1 heterocycles. The Bertz CT molecular complexity index is 1620. The average Bonchev–Trinajstić information content (AvgIpc) is 3.56. The fourth-order valence-corrected chi connectivity index (χ4v) is 14.2. The number of hydrogen-bond donors (Lipinski definition) is 0. The van der Waals surface area contributed by atoms with Gasteiger partial charge in [0.25, 0.3) is 0 Å². The highest BCUT2D eigenvalue weighted by molar-refractivity contribution is 5.43. The first-order valence-electron chi connectivity index (χ1n) is 22.2. The maximum absolute atomic E-state index is 3.15. The van der Waals surface area contributed by atoms with E-state index in [4.69, 9.17) is 0 Å². The molecule has 3 fully saturated rings. The van der Waals surface area contributed by atoms with Crippen molar-refractivity contribution in [1.82, 2.24) is 4.90 Å². The quantitative estimate of drug-likeness (QED) is 0.267. The summed E-state index contributed by atoms with van der Waals surface area (Å²) in [4.78, 5) is 3.15. The van der Waals surface area contributed by atoms with Gasteiger partial charge < -0.3 is 0 Å². The van der Waals surface area contributed by atoms with Crippen LogP contribution in [0.25, 0.3) is 0 Å². The van der Waals surface area contributed by atoms with Crippen molar-refractivity contribution >= 4 is 0 Å². The van der Waals surface area contributed by atoms with Crippen molar-refractivity contribution in [1.29, 1.82) is 0 Å². The standard InChI is InChI=1S/C50H65N/c1-3-12-34(13-4-1)35-22-24-36(25-23-35)37-26-29-41(30-27-37)51-48-20-10-9-18-45(48)50-43(19-11-21-49(50)51)40-28-31-44-46(38-14-5-2-6-15-38)32-39-16-7-8-17-42(39)47(44)33-40/h1-3,5,9,11-12,18,21-22,26,31,36,39-43,45,47-50H,4,6-8,10,13-17,19-20,23-25,27-30,32-33H2/b46-38+. The van der Waals surface area contributed by atoms with Crippen LogP contribution < -0.4 is 0 Å². The van der Waals surface area contributed by atoms with Crippen LogP contribution in [0.5, 0.6) is 0 Å². The smallest absolute Gasteiger partial charge is 0.0321 e. The molecule has 0 aromatic carbocycles. The minimum Gasteiger partial charge on any atom is -0.290 e. The van der Waals surface area contributed by atoms with E-state index in [1.54, 1.807) is 11.1 Å². The van der Waals surface area contributed by atoms with Crippen LogP contribution in [0.1, 0.15) is 135 Å². The fourth-order valence-electron chi connectivity index (χ4n) is 14.2. The maximum Gasteiger partial charge on any atom is 0.0321 e. The van der Waals surface area contributed by atoms with Crippen molar-refractivity contribution in [2.45, 2.75) is 153 Å². The van der Waals surface area contributed by atoms with Crippen molar-refractivity contribution in [3.05, 3.63) is 106 Å². The maximum atomic E-state index is 3.15. The predicted octanol–water partition coefficient (Wildman–Crippen LogP) is 12.9. The zero-order valence-electron chi connectivity index (χ0n) is 31.6. The number of fused-ring (bicyclic) bond motifs is 6. The predicted molar refractivity (Wildman–Crippen MR) is 214 cm³/mol. The summed E-state index contributed by atoms with van der Waals surface area (Å²) in [7, 11) is 0. The Labute approximate surface area is 310 Å². The first kappa shape index (κ1) is 33.2. The average molecular weight is 680 g/mol. The number of hydrogen-bond acceptors (Lipinski definition) is 1. The minimum atomic E-state index is 0.658. The molecule has 1 saturated heterocycles. The third kappa shape index (κ3) is 6.18. The van der Waals surface area contributed by atoms with Crippen molar-refractivity contribution in [3.63, 3.8) is 0 Å². The normalized spacial score (nSPS) is 43.6. The summed E-state index contributed by atoms with van der Waals surface area (Å²) in [6.07, 6.45) is 59.4. The Hall–Kier alpha value is -2.38. The zero-order valence-corrected chi connectivity index (χ0v) is 31.6. The molecule has 270 valence electrons. The Balaban J connectivity index is 0.877. The molecule has 0 aromatic heterocycles. The summed E-state index contributed by atoms with van der Waals surface area (Å²) in [5, 5.41) is 0. The summed E-state index contributed by atoms with van der Waals surface area (Å²) < 4.78 is 0. The molecule has 0 bridgehead atoms. The van der Waals surface area contributed by atoms with Crippen LogP contribution in [-0.4, -0.2) is 23.0 Å². The van der Waals surface area contributed by atoms with E-state index in [0.717, 1.165) is 59.4 Å². The van der Waals surface area contributed by atoms with E-state index in [2.05, 4.69) is 77.8 Å². The van der Waals surface area contributed by atoms with Gasteiger partial charge in [-0.15, -0.1) is 0 Å². The summed E-state index contributed by atoms with van der Waals surface area (Å²) in [5.74, 6) is 6.87. The van der Waals surface area contributed by atoms with E-state index in [1.807, 2.05) is 22.3 Å². The van der Waals surface area contributed by atoms with E-state index in [0.29, 0.717) is 6.04 Å². The van der Waals surface area contributed by atoms with E-state index < -0.39 is 0 Å². The lowest BCUT2D eigenvalue weighted by atomic mass is 9.55. The molecule has 1 aliphatic heterocycles. The largest absolute Gasteiger partial charge is 0.290 e. The summed E-state index contributed by atoms with van der Waals surface area (Å²) in [6, 6.07) is 2.15. The van der Waals surface area contributed by atoms with E-state index in [9.17, 15) is 0 Å². The van der Waals surface area contributed by atoms with Gasteiger partial charge in [0.05, 0.1) is 0 Å². The molecule has 11 unspecified atom stereocenters. The first-order chi connectivity index (χ1) is 25.3. The summed E-state index contributed by atoms with van der Waals surface area (Å²) in [6.45, 7) is 0. The topological polar surface area (TPSA) is 3.24 Å². The van der Waals surface area contributed by atoms with Crippen LogP contribution >= 0.6 is 0 Å². The Morgan fingerprint density at radius 3 is 2.45 bits per heavy atom. The fraction of sp³-hybridized carbons (Fsp3) is 0.640. The molecule has 1 heteroatoms. The highest BCUT2D eigenvalue weighted by Crippen LogP contribution is 2.58. The van der Waals surface area contributed by atoms with Gasteiger partial charge in [-0.1, -0.05) is 96.9 Å². The Kier molecular flexibility index (Phi) is 9.41. The molecule has 0 radical (unpaired) electrons. The van der Waals surface area contributed by atoms with Crippen LogP contribution in [0, 0.1) is 47.3 Å². The molecule has 1 nitrogen and oxygen atoms in total. The van der Waals surface area contributed by atoms with Gasteiger partial charge in [0.1, 0.15) is 0 Å². The Morgan fingerprint density at radius 1 is 0.647 bits per heavy atom. The second kappa shape index (κ2) is 14.5. The number of rotatable bonds is 4. The first-order valence-corrected chi connectivity index (χ1v) is 22.2. The monoisotopic (exact) mass is 680 g/mol. The van der Waals surface area contributed by atoms with E-state index in [1.165, 1.54) is 135 Å². The molecule has 51 heavy (non-hydrogen) atoms. The van der Waals surface area contributed by atoms with Gasteiger partial charge in [-0.25, -0.2) is 0 Å². The number of likely N-dealkylation sites (tertiary alicyclic amines) is 1. The van der Waals surface area contributed by atoms with Gasteiger partial charge in [0, 0.05) is 18.1 Å². The lowest BCUT2D eigenvalue weighted by Crippen LogP contribution is -2.47. The van der Waals surface area contributed by atoms with Crippen LogP contribution in [0.2, 0.25) is 0 Å². The third-order valence-corrected chi connectivity index (χ3v) is 16.5. The molecule has 11 atom stereocenters. The van der Waals surface area contributed by atoms with Gasteiger partial charge in [0.15, 0.2) is 0 Å². The van der Waals surface area contributed by atoms with Gasteiger partial charge in [0.2, 0.25) is 0 Å². The van der Waals surface area contributed by atoms with Gasteiger partial charge >= 0.3 is 0 Å². The summed E-state index contributed by atoms with van der Waals surface area (Å²) in [5.41, 5.74) is 10.6. The van der Waals surface area contributed by atoms with Gasteiger partial charge in [-0.05, 0) is 192 Å². The van der Waals surface area contributed by atoms with Crippen molar-refractivity contribution in [2.75, 3.05) is 0 Å². The Morgan fingerprint density at radius 2 is 1.61 bits per heavy atom. The molecule has 0 amide bonds. The molecule has 9 aliphatic carbocycles. The van der Waals surface area contributed by atoms with Gasteiger partial charge in [-0.2, -0.15) is 0 Å². The highest BCUT2D eigenvalue weighted by Gasteiger charge is 2.55. The molecule has 0 spiro atoms. The van der Waals surface area contributed by atoms with Gasteiger partial charge in [-0.3, -0.25) is 4.90 Å². The van der Waals surface area contributed by atoms with Crippen molar-refractivity contribution < 1.29 is 0 Å². The van der Waals surface area contributed by atoms with Crippen molar-refractivity contribution in [2.24, 2.45) is 47.3 Å². The van der Waals surface area contributed by atoms with Crippen LogP contribution in [-0.2, 0) is 0 Å². The lowest BCUT2D eigenvalue weighted by Gasteiger charge is -2.50. The minimum absolute atomic E-state index is 0.658. The van der Waals surface area contributed by atoms with Crippen LogP contribution in [0.3, 0.4) is 0 Å². The van der Waals surface area contributed by atoms with Crippen LogP contribution in [0.15, 0.2) is 106 Å². The molecular formula is C50H65N. The molecule has 10 aliphatic rings. The van der Waals surface area contributed by atoms with Crippen LogP contribution in [0.4, 0.5) is 0 Å². The number of allylic oxidation sites excluding steroid dienone is 15. The SMILES string of the molecule is C1=CCCC(C2=CCC(C3=CCC(N4C5C=CCC(C6CC=C7/C(=C8\CC=CCC8)CC8CCCCC8C7C6)C5C5C=CCCC54)CC3)CC2)=C1. The van der Waals surface area contributed by atoms with E-state index in [-0.39, 0.29) is 0 Å². The zero-order chi connectivity index (χ0) is 33.7. The third-order valence-electron chi connectivity index (χ3n) is 16.5. The molecular weight excluding hydrogens is 615 g/mol. The second-order valence-corrected chi connectivity index (χ2v) is 18.8. The molecule has 10 rings (SSSR count).